The molecule has 5 nitrogen and oxygen atoms in total. The largest absolute Gasteiger partial charge is 0.484 e. The summed E-state index contributed by atoms with van der Waals surface area (Å²) in [5.41, 5.74) is 0. The highest BCUT2D eigenvalue weighted by Crippen LogP contribution is 2.24. The van der Waals surface area contributed by atoms with E-state index in [0.717, 1.165) is 25.7 Å². The van der Waals surface area contributed by atoms with E-state index in [1.807, 2.05) is 0 Å². The van der Waals surface area contributed by atoms with Crippen LogP contribution in [0.1, 0.15) is 32.1 Å². The molecule has 0 radical (unpaired) electrons. The molecule has 1 aromatic rings. The minimum absolute atomic E-state index is 0.0424. The van der Waals surface area contributed by atoms with Crippen molar-refractivity contribution in [2.45, 2.75) is 38.1 Å². The maximum absolute atomic E-state index is 12.5. The lowest BCUT2D eigenvalue weighted by Gasteiger charge is -2.28. The van der Waals surface area contributed by atoms with E-state index in [4.69, 9.17) is 16.3 Å². The van der Waals surface area contributed by atoms with E-state index >= 15 is 0 Å². The molecule has 1 saturated carbocycles. The van der Waals surface area contributed by atoms with Gasteiger partial charge in [-0.3, -0.25) is 9.59 Å². The zero-order valence-electron chi connectivity index (χ0n) is 13.3. The Labute approximate surface area is 141 Å². The summed E-state index contributed by atoms with van der Waals surface area (Å²) < 4.78 is 10.2. The highest BCUT2D eigenvalue weighted by Gasteiger charge is 2.27. The number of halogens is 1. The fourth-order valence-electron chi connectivity index (χ4n) is 2.80. The summed E-state index contributed by atoms with van der Waals surface area (Å²) in [7, 11) is 1.35. The molecule has 23 heavy (non-hydrogen) atoms. The molecule has 0 aromatic heterocycles. The lowest BCUT2D eigenvalue weighted by molar-refractivity contribution is -0.142. The number of carbonyl (C=O) groups is 2. The Morgan fingerprint density at radius 1 is 1.22 bits per heavy atom. The summed E-state index contributed by atoms with van der Waals surface area (Å²) in [5, 5.41) is 0.620. The number of ether oxygens (including phenoxy) is 2. The smallest absolute Gasteiger partial charge is 0.307 e. The van der Waals surface area contributed by atoms with Crippen molar-refractivity contribution >= 4 is 23.5 Å². The van der Waals surface area contributed by atoms with Gasteiger partial charge in [-0.05, 0) is 37.1 Å². The van der Waals surface area contributed by atoms with Gasteiger partial charge in [0.25, 0.3) is 5.91 Å². The van der Waals surface area contributed by atoms with E-state index in [1.165, 1.54) is 7.11 Å². The molecule has 0 heterocycles. The molecule has 1 aliphatic rings. The number of esters is 1. The number of hydrogen-bond acceptors (Lipinski definition) is 4. The standard InChI is InChI=1S/C17H22ClNO4/c1-22-17(21)10-11-19(14-4-2-3-5-14)16(20)12-23-15-8-6-13(18)7-9-15/h6-9,14H,2-5,10-12H2,1H3. The van der Waals surface area contributed by atoms with E-state index in [-0.39, 0.29) is 30.9 Å². The molecule has 0 bridgehead atoms. The van der Waals surface area contributed by atoms with Gasteiger partial charge in [0, 0.05) is 17.6 Å². The first-order valence-corrected chi connectivity index (χ1v) is 8.22. The van der Waals surface area contributed by atoms with Crippen molar-refractivity contribution in [3.63, 3.8) is 0 Å². The molecule has 1 aliphatic carbocycles. The molecule has 1 amide bonds. The van der Waals surface area contributed by atoms with Gasteiger partial charge in [-0.15, -0.1) is 0 Å². The molecular formula is C17H22ClNO4. The number of hydrogen-bond donors (Lipinski definition) is 0. The van der Waals surface area contributed by atoms with Crippen molar-refractivity contribution in [2.75, 3.05) is 20.3 Å². The Morgan fingerprint density at radius 3 is 2.48 bits per heavy atom. The second-order valence-corrected chi connectivity index (χ2v) is 6.03. The number of carbonyl (C=O) groups excluding carboxylic acids is 2. The van der Waals surface area contributed by atoms with Crippen LogP contribution in [0, 0.1) is 0 Å². The average molecular weight is 340 g/mol. The Morgan fingerprint density at radius 2 is 1.87 bits per heavy atom. The molecule has 126 valence electrons. The molecule has 1 fully saturated rings. The second kappa shape index (κ2) is 8.77. The first-order chi connectivity index (χ1) is 11.1. The Kier molecular flexibility index (Phi) is 6.71. The van der Waals surface area contributed by atoms with Crippen LogP contribution in [-0.2, 0) is 14.3 Å². The Bertz CT molecular complexity index is 526. The van der Waals surface area contributed by atoms with E-state index in [2.05, 4.69) is 4.74 Å². The topological polar surface area (TPSA) is 55.8 Å². The predicted molar refractivity (Wildman–Crippen MR) is 87.5 cm³/mol. The first kappa shape index (κ1) is 17.6. The van der Waals surface area contributed by atoms with E-state index in [9.17, 15) is 9.59 Å². The van der Waals surface area contributed by atoms with Crippen molar-refractivity contribution in [1.82, 2.24) is 4.90 Å². The van der Waals surface area contributed by atoms with Crippen molar-refractivity contribution in [3.8, 4) is 5.75 Å². The quantitative estimate of drug-likeness (QED) is 0.716. The maximum Gasteiger partial charge on any atom is 0.307 e. The normalized spacial score (nSPS) is 14.5. The number of amides is 1. The van der Waals surface area contributed by atoms with Gasteiger partial charge in [-0.2, -0.15) is 0 Å². The fraction of sp³-hybridized carbons (Fsp3) is 0.529. The van der Waals surface area contributed by atoms with Crippen molar-refractivity contribution in [3.05, 3.63) is 29.3 Å². The lowest BCUT2D eigenvalue weighted by atomic mass is 10.2. The third-order valence-electron chi connectivity index (χ3n) is 4.05. The summed E-state index contributed by atoms with van der Waals surface area (Å²) >= 11 is 5.82. The number of rotatable bonds is 7. The average Bonchev–Trinajstić information content (AvgIpc) is 3.08. The molecule has 0 atom stereocenters. The molecule has 0 aliphatic heterocycles. The van der Waals surface area contributed by atoms with Gasteiger partial charge in [0.2, 0.25) is 0 Å². The van der Waals surface area contributed by atoms with Crippen LogP contribution in [0.5, 0.6) is 5.75 Å². The van der Waals surface area contributed by atoms with E-state index in [1.54, 1.807) is 29.2 Å². The van der Waals surface area contributed by atoms with Crippen LogP contribution in [-0.4, -0.2) is 43.1 Å². The van der Waals surface area contributed by atoms with Gasteiger partial charge in [-0.25, -0.2) is 0 Å². The molecule has 0 saturated heterocycles. The monoisotopic (exact) mass is 339 g/mol. The van der Waals surface area contributed by atoms with Crippen LogP contribution in [0.15, 0.2) is 24.3 Å². The molecule has 1 aromatic carbocycles. The minimum Gasteiger partial charge on any atom is -0.484 e. The fourth-order valence-corrected chi connectivity index (χ4v) is 2.93. The van der Waals surface area contributed by atoms with Gasteiger partial charge in [0.15, 0.2) is 6.61 Å². The Hall–Kier alpha value is -1.75. The number of benzene rings is 1. The van der Waals surface area contributed by atoms with Crippen LogP contribution in [0.2, 0.25) is 5.02 Å². The van der Waals surface area contributed by atoms with Crippen LogP contribution < -0.4 is 4.74 Å². The first-order valence-electron chi connectivity index (χ1n) is 7.85. The van der Waals surface area contributed by atoms with Crippen molar-refractivity contribution in [1.29, 1.82) is 0 Å². The minimum atomic E-state index is -0.306. The summed E-state index contributed by atoms with van der Waals surface area (Å²) in [6.45, 7) is 0.333. The van der Waals surface area contributed by atoms with E-state index in [0.29, 0.717) is 17.3 Å². The highest BCUT2D eigenvalue weighted by molar-refractivity contribution is 6.30. The third-order valence-corrected chi connectivity index (χ3v) is 4.30. The number of nitrogens with zero attached hydrogens (tertiary/aromatic N) is 1. The maximum atomic E-state index is 12.5. The molecule has 0 unspecified atom stereocenters. The molecule has 2 rings (SSSR count). The van der Waals surface area contributed by atoms with Crippen molar-refractivity contribution < 1.29 is 19.1 Å². The van der Waals surface area contributed by atoms with E-state index < -0.39 is 0 Å². The van der Waals surface area contributed by atoms with Crippen LogP contribution in [0.25, 0.3) is 0 Å². The lowest BCUT2D eigenvalue weighted by Crippen LogP contribution is -2.42. The van der Waals surface area contributed by atoms with Gasteiger partial charge in [0.1, 0.15) is 5.75 Å². The number of methoxy groups -OCH3 is 1. The summed E-state index contributed by atoms with van der Waals surface area (Å²) in [4.78, 5) is 25.6. The van der Waals surface area contributed by atoms with Gasteiger partial charge >= 0.3 is 5.97 Å². The summed E-state index contributed by atoms with van der Waals surface area (Å²) in [6.07, 6.45) is 4.40. The van der Waals surface area contributed by atoms with Crippen LogP contribution >= 0.6 is 11.6 Å². The van der Waals surface area contributed by atoms with Crippen molar-refractivity contribution in [2.24, 2.45) is 0 Å². The molecular weight excluding hydrogens is 318 g/mol. The SMILES string of the molecule is COC(=O)CCN(C(=O)COc1ccc(Cl)cc1)C1CCCC1. The van der Waals surface area contributed by atoms with Crippen LogP contribution in [0.3, 0.4) is 0 Å². The predicted octanol–water partition coefficient (Wildman–Crippen LogP) is 3.05. The highest BCUT2D eigenvalue weighted by atomic mass is 35.5. The molecule has 6 heteroatoms. The van der Waals surface area contributed by atoms with Gasteiger partial charge in [0.05, 0.1) is 13.5 Å². The molecule has 0 N–H and O–H groups in total. The zero-order chi connectivity index (χ0) is 16.7. The molecule has 0 spiro atoms. The summed E-state index contributed by atoms with van der Waals surface area (Å²) in [6, 6.07) is 7.08. The Balaban J connectivity index is 1.92. The third kappa shape index (κ3) is 5.43. The van der Waals surface area contributed by atoms with Gasteiger partial charge < -0.3 is 14.4 Å². The summed E-state index contributed by atoms with van der Waals surface area (Å²) in [5.74, 6) is 0.192. The second-order valence-electron chi connectivity index (χ2n) is 5.59. The van der Waals surface area contributed by atoms with Crippen LogP contribution in [0.4, 0.5) is 0 Å². The van der Waals surface area contributed by atoms with Gasteiger partial charge in [-0.1, -0.05) is 24.4 Å². The zero-order valence-corrected chi connectivity index (χ0v) is 14.1.